The van der Waals surface area contributed by atoms with Gasteiger partial charge in [-0.3, -0.25) is 9.97 Å². The van der Waals surface area contributed by atoms with Crippen molar-refractivity contribution in [2.75, 3.05) is 0 Å². The second-order valence-electron chi connectivity index (χ2n) is 10.1. The van der Waals surface area contributed by atoms with Crippen LogP contribution < -0.4 is 0 Å². The van der Waals surface area contributed by atoms with Gasteiger partial charge in [-0.15, -0.1) is 11.3 Å². The van der Waals surface area contributed by atoms with Crippen molar-refractivity contribution in [3.8, 4) is 56.4 Å². The van der Waals surface area contributed by atoms with E-state index < -0.39 is 0 Å². The molecule has 0 N–H and O–H groups in total. The predicted octanol–water partition coefficient (Wildman–Crippen LogP) is 8.76. The maximum absolute atomic E-state index is 5.09. The van der Waals surface area contributed by atoms with Crippen LogP contribution in [0.2, 0.25) is 0 Å². The van der Waals surface area contributed by atoms with Crippen molar-refractivity contribution < 1.29 is 0 Å². The average Bonchev–Trinajstić information content (AvgIpc) is 3.48. The van der Waals surface area contributed by atoms with E-state index in [0.717, 1.165) is 71.0 Å². The summed E-state index contributed by atoms with van der Waals surface area (Å²) in [6.07, 6.45) is 7.21. The van der Waals surface area contributed by atoms with Crippen molar-refractivity contribution in [2.45, 2.75) is 0 Å². The molecule has 202 valence electrons. The molecule has 6 nitrogen and oxygen atoms in total. The Morgan fingerprint density at radius 3 is 2.07 bits per heavy atom. The number of fused-ring (bicyclic) bond motifs is 3. The standard InChI is InChI=1S/C36H22N6S/c1-2-8-24(9-3-1)32-34-33(28-11-7-19-39-36(28)43-34)42-35(41-32)25-15-13-23(14-16-25)27-20-30(26-10-6-17-37-22-26)40-31(21-27)29-12-4-5-18-38-29/h1-22H. The molecular weight excluding hydrogens is 549 g/mol. The first-order chi connectivity index (χ1) is 21.3. The Kier molecular flexibility index (Phi) is 6.20. The zero-order valence-electron chi connectivity index (χ0n) is 22.8. The van der Waals surface area contributed by atoms with Gasteiger partial charge in [-0.1, -0.05) is 60.7 Å². The smallest absolute Gasteiger partial charge is 0.160 e. The molecule has 0 radical (unpaired) electrons. The zero-order chi connectivity index (χ0) is 28.6. The summed E-state index contributed by atoms with van der Waals surface area (Å²) in [4.78, 5) is 29.5. The van der Waals surface area contributed by atoms with Gasteiger partial charge in [-0.25, -0.2) is 19.9 Å². The van der Waals surface area contributed by atoms with Crippen molar-refractivity contribution >= 4 is 31.8 Å². The lowest BCUT2D eigenvalue weighted by atomic mass is 10.0. The van der Waals surface area contributed by atoms with Crippen molar-refractivity contribution in [3.63, 3.8) is 0 Å². The highest BCUT2D eigenvalue weighted by molar-refractivity contribution is 7.25. The molecule has 0 fully saturated rings. The van der Waals surface area contributed by atoms with E-state index in [0.29, 0.717) is 5.82 Å². The summed E-state index contributed by atoms with van der Waals surface area (Å²) in [5.41, 5.74) is 9.36. The van der Waals surface area contributed by atoms with Crippen LogP contribution in [-0.2, 0) is 0 Å². The van der Waals surface area contributed by atoms with Crippen LogP contribution in [0, 0.1) is 0 Å². The molecule has 0 saturated carbocycles. The summed E-state index contributed by atoms with van der Waals surface area (Å²) in [6, 6.07) is 36.7. The summed E-state index contributed by atoms with van der Waals surface area (Å²) >= 11 is 1.63. The van der Waals surface area contributed by atoms with Gasteiger partial charge in [0.2, 0.25) is 0 Å². The van der Waals surface area contributed by atoms with Crippen LogP contribution in [-0.4, -0.2) is 29.9 Å². The van der Waals surface area contributed by atoms with Crippen LogP contribution in [0.3, 0.4) is 0 Å². The molecule has 0 aliphatic heterocycles. The van der Waals surface area contributed by atoms with E-state index in [1.54, 1.807) is 23.7 Å². The molecule has 8 rings (SSSR count). The van der Waals surface area contributed by atoms with Gasteiger partial charge in [0.1, 0.15) is 4.83 Å². The van der Waals surface area contributed by atoms with E-state index >= 15 is 0 Å². The normalized spacial score (nSPS) is 11.3. The lowest BCUT2D eigenvalue weighted by molar-refractivity contribution is 1.23. The molecule has 0 atom stereocenters. The molecule has 0 amide bonds. The fraction of sp³-hybridized carbons (Fsp3) is 0. The van der Waals surface area contributed by atoms with E-state index in [1.807, 2.05) is 67.0 Å². The van der Waals surface area contributed by atoms with E-state index in [1.165, 1.54) is 0 Å². The minimum atomic E-state index is 0.682. The number of nitrogens with zero attached hydrogens (tertiary/aromatic N) is 6. The van der Waals surface area contributed by atoms with E-state index in [9.17, 15) is 0 Å². The van der Waals surface area contributed by atoms with Crippen LogP contribution in [0.5, 0.6) is 0 Å². The van der Waals surface area contributed by atoms with Crippen LogP contribution >= 0.6 is 11.3 Å². The molecule has 0 saturated heterocycles. The molecular formula is C36H22N6S. The topological polar surface area (TPSA) is 77.3 Å². The lowest BCUT2D eigenvalue weighted by Crippen LogP contribution is -1.94. The van der Waals surface area contributed by atoms with Crippen LogP contribution in [0.25, 0.3) is 76.9 Å². The van der Waals surface area contributed by atoms with Crippen LogP contribution in [0.15, 0.2) is 134 Å². The third kappa shape index (κ3) is 4.71. The molecule has 0 spiro atoms. The summed E-state index contributed by atoms with van der Waals surface area (Å²) in [5, 5.41) is 1.04. The highest BCUT2D eigenvalue weighted by Crippen LogP contribution is 2.39. The number of hydrogen-bond donors (Lipinski definition) is 0. The second-order valence-corrected chi connectivity index (χ2v) is 11.1. The Morgan fingerprint density at radius 1 is 0.488 bits per heavy atom. The lowest BCUT2D eigenvalue weighted by Gasteiger charge is -2.11. The Morgan fingerprint density at radius 2 is 1.26 bits per heavy atom. The van der Waals surface area contributed by atoms with Gasteiger partial charge in [-0.2, -0.15) is 0 Å². The summed E-state index contributed by atoms with van der Waals surface area (Å²) in [6.45, 7) is 0. The molecule has 0 bridgehead atoms. The Bertz CT molecular complexity index is 2160. The first-order valence-corrected chi connectivity index (χ1v) is 14.7. The highest BCUT2D eigenvalue weighted by atomic mass is 32.1. The molecule has 8 aromatic rings. The Labute approximate surface area is 251 Å². The number of hydrogen-bond acceptors (Lipinski definition) is 7. The van der Waals surface area contributed by atoms with Gasteiger partial charge in [0.15, 0.2) is 5.82 Å². The molecule has 7 heteroatoms. The zero-order valence-corrected chi connectivity index (χ0v) is 23.6. The average molecular weight is 571 g/mol. The molecule has 2 aromatic carbocycles. The second kappa shape index (κ2) is 10.6. The first kappa shape index (κ1) is 25.1. The fourth-order valence-electron chi connectivity index (χ4n) is 5.22. The number of aromatic nitrogens is 6. The maximum atomic E-state index is 5.09. The van der Waals surface area contributed by atoms with E-state index in [2.05, 4.69) is 69.5 Å². The minimum absolute atomic E-state index is 0.682. The first-order valence-electron chi connectivity index (χ1n) is 13.9. The van der Waals surface area contributed by atoms with Gasteiger partial charge in [0.05, 0.1) is 33.0 Å². The van der Waals surface area contributed by atoms with E-state index in [-0.39, 0.29) is 0 Å². The molecule has 6 heterocycles. The molecule has 0 unspecified atom stereocenters. The SMILES string of the molecule is c1ccc(-c2nc(-c3ccc(-c4cc(-c5cccnc5)nc(-c5ccccn5)c4)cc3)nc3c2sc2ncccc23)cc1. The van der Waals surface area contributed by atoms with Gasteiger partial charge in [0, 0.05) is 46.9 Å². The van der Waals surface area contributed by atoms with E-state index in [4.69, 9.17) is 15.0 Å². The molecule has 43 heavy (non-hydrogen) atoms. The van der Waals surface area contributed by atoms with Crippen molar-refractivity contribution in [3.05, 3.63) is 134 Å². The molecule has 6 aromatic heterocycles. The number of thiophene rings is 1. The van der Waals surface area contributed by atoms with Crippen LogP contribution in [0.1, 0.15) is 0 Å². The quantitative estimate of drug-likeness (QED) is 0.206. The molecule has 0 aliphatic rings. The third-order valence-electron chi connectivity index (χ3n) is 7.32. The van der Waals surface area contributed by atoms with Gasteiger partial charge < -0.3 is 0 Å². The largest absolute Gasteiger partial charge is 0.264 e. The Hall–Kier alpha value is -5.66. The predicted molar refractivity (Wildman–Crippen MR) is 173 cm³/mol. The van der Waals surface area contributed by atoms with Crippen molar-refractivity contribution in [1.29, 1.82) is 0 Å². The fourth-order valence-corrected chi connectivity index (χ4v) is 6.31. The number of pyridine rings is 4. The number of benzene rings is 2. The summed E-state index contributed by atoms with van der Waals surface area (Å²) in [5.74, 6) is 0.682. The third-order valence-corrected chi connectivity index (χ3v) is 8.43. The summed E-state index contributed by atoms with van der Waals surface area (Å²) < 4.78 is 1.04. The van der Waals surface area contributed by atoms with Gasteiger partial charge in [-0.05, 0) is 59.7 Å². The van der Waals surface area contributed by atoms with Gasteiger partial charge >= 0.3 is 0 Å². The highest BCUT2D eigenvalue weighted by Gasteiger charge is 2.17. The molecule has 0 aliphatic carbocycles. The van der Waals surface area contributed by atoms with Crippen molar-refractivity contribution in [1.82, 2.24) is 29.9 Å². The van der Waals surface area contributed by atoms with Crippen molar-refractivity contribution in [2.24, 2.45) is 0 Å². The minimum Gasteiger partial charge on any atom is -0.264 e. The maximum Gasteiger partial charge on any atom is 0.160 e. The van der Waals surface area contributed by atoms with Crippen LogP contribution in [0.4, 0.5) is 0 Å². The summed E-state index contributed by atoms with van der Waals surface area (Å²) in [7, 11) is 0. The number of rotatable bonds is 5. The van der Waals surface area contributed by atoms with Gasteiger partial charge in [0.25, 0.3) is 0 Å². The monoisotopic (exact) mass is 570 g/mol. The Balaban J connectivity index is 1.25.